The number of hydrogen-bond donors (Lipinski definition) is 0. The zero-order valence-corrected chi connectivity index (χ0v) is 8.58. The number of ketones is 1. The first-order valence-electron chi connectivity index (χ1n) is 4.95. The molecule has 13 heavy (non-hydrogen) atoms. The summed E-state index contributed by atoms with van der Waals surface area (Å²) < 4.78 is 4.98. The molecule has 0 saturated heterocycles. The predicted molar refractivity (Wildman–Crippen MR) is 51.8 cm³/mol. The highest BCUT2D eigenvalue weighted by molar-refractivity contribution is 5.81. The second-order valence-electron chi connectivity index (χ2n) is 3.76. The molecule has 3 heteroatoms. The lowest BCUT2D eigenvalue weighted by atomic mass is 10.2. The Kier molecular flexibility index (Phi) is 4.39. The highest BCUT2D eigenvalue weighted by Gasteiger charge is 2.24. The maximum absolute atomic E-state index is 11.0. The van der Waals surface area contributed by atoms with Crippen molar-refractivity contribution in [1.82, 2.24) is 4.90 Å². The van der Waals surface area contributed by atoms with Gasteiger partial charge < -0.3 is 9.64 Å². The number of hydrogen-bond acceptors (Lipinski definition) is 3. The molecule has 1 unspecified atom stereocenters. The quantitative estimate of drug-likeness (QED) is 0.600. The third-order valence-corrected chi connectivity index (χ3v) is 2.70. The average Bonchev–Trinajstić information content (AvgIpc) is 2.52. The van der Waals surface area contributed by atoms with E-state index in [9.17, 15) is 4.79 Å². The van der Waals surface area contributed by atoms with Gasteiger partial charge in [0.1, 0.15) is 5.78 Å². The van der Waals surface area contributed by atoms with Crippen molar-refractivity contribution in [2.75, 3.05) is 27.3 Å². The van der Waals surface area contributed by atoms with Crippen molar-refractivity contribution >= 4 is 5.78 Å². The normalized spacial score (nSPS) is 23.0. The topological polar surface area (TPSA) is 29.5 Å². The van der Waals surface area contributed by atoms with E-state index in [0.717, 1.165) is 38.8 Å². The minimum Gasteiger partial charge on any atom is -0.385 e. The highest BCUT2D eigenvalue weighted by atomic mass is 16.5. The van der Waals surface area contributed by atoms with E-state index in [1.165, 1.54) is 0 Å². The highest BCUT2D eigenvalue weighted by Crippen LogP contribution is 2.19. The number of carbonyl (C=O) groups is 1. The number of nitrogens with zero attached hydrogens (tertiary/aromatic N) is 1. The van der Waals surface area contributed by atoms with Gasteiger partial charge >= 0.3 is 0 Å². The van der Waals surface area contributed by atoms with Crippen molar-refractivity contribution in [2.24, 2.45) is 0 Å². The van der Waals surface area contributed by atoms with Crippen LogP contribution in [0.5, 0.6) is 0 Å². The van der Waals surface area contributed by atoms with E-state index in [0.29, 0.717) is 11.8 Å². The molecule has 76 valence electrons. The van der Waals surface area contributed by atoms with Crippen molar-refractivity contribution < 1.29 is 9.53 Å². The van der Waals surface area contributed by atoms with Gasteiger partial charge in [0.05, 0.1) is 0 Å². The van der Waals surface area contributed by atoms with Crippen LogP contribution in [0.25, 0.3) is 0 Å². The van der Waals surface area contributed by atoms with Crippen LogP contribution >= 0.6 is 0 Å². The molecule has 1 aliphatic carbocycles. The molecular weight excluding hydrogens is 166 g/mol. The molecule has 0 amide bonds. The summed E-state index contributed by atoms with van der Waals surface area (Å²) in [7, 11) is 3.82. The summed E-state index contributed by atoms with van der Waals surface area (Å²) in [5.41, 5.74) is 0. The summed E-state index contributed by atoms with van der Waals surface area (Å²) in [5, 5.41) is 0. The second-order valence-corrected chi connectivity index (χ2v) is 3.76. The van der Waals surface area contributed by atoms with Gasteiger partial charge in [0, 0.05) is 39.1 Å². The van der Waals surface area contributed by atoms with E-state index < -0.39 is 0 Å². The molecule has 1 saturated carbocycles. The SMILES string of the molecule is COCCCN(C)C1CCC(=O)C1. The van der Waals surface area contributed by atoms with Crippen LogP contribution in [0, 0.1) is 0 Å². The minimum absolute atomic E-state index is 0.420. The third kappa shape index (κ3) is 3.44. The van der Waals surface area contributed by atoms with Crippen molar-refractivity contribution in [3.63, 3.8) is 0 Å². The summed E-state index contributed by atoms with van der Waals surface area (Å²) >= 11 is 0. The van der Waals surface area contributed by atoms with E-state index >= 15 is 0 Å². The number of ether oxygens (including phenoxy) is 1. The molecule has 0 radical (unpaired) electrons. The van der Waals surface area contributed by atoms with E-state index in [1.54, 1.807) is 7.11 Å². The Morgan fingerprint density at radius 2 is 2.38 bits per heavy atom. The number of methoxy groups -OCH3 is 1. The van der Waals surface area contributed by atoms with Gasteiger partial charge in [0.15, 0.2) is 0 Å². The lowest BCUT2D eigenvalue weighted by Gasteiger charge is -2.22. The van der Waals surface area contributed by atoms with Gasteiger partial charge in [0.2, 0.25) is 0 Å². The van der Waals surface area contributed by atoms with Crippen LogP contribution in [0.1, 0.15) is 25.7 Å². The standard InChI is InChI=1S/C10H19NO2/c1-11(6-3-7-13-2)9-4-5-10(12)8-9/h9H,3-8H2,1-2H3. The Morgan fingerprint density at radius 3 is 2.92 bits per heavy atom. The fourth-order valence-electron chi connectivity index (χ4n) is 1.81. The van der Waals surface area contributed by atoms with Gasteiger partial charge in [-0.05, 0) is 19.9 Å². The average molecular weight is 185 g/mol. The van der Waals surface area contributed by atoms with Gasteiger partial charge in [-0.15, -0.1) is 0 Å². The van der Waals surface area contributed by atoms with Crippen LogP contribution in [-0.2, 0) is 9.53 Å². The van der Waals surface area contributed by atoms with E-state index in [-0.39, 0.29) is 0 Å². The van der Waals surface area contributed by atoms with Crippen LogP contribution in [0.3, 0.4) is 0 Å². The van der Waals surface area contributed by atoms with Gasteiger partial charge in [-0.3, -0.25) is 4.79 Å². The molecule has 0 N–H and O–H groups in total. The molecule has 0 aromatic rings. The lowest BCUT2D eigenvalue weighted by Crippen LogP contribution is -2.31. The molecular formula is C10H19NO2. The van der Waals surface area contributed by atoms with Crippen LogP contribution in [-0.4, -0.2) is 44.0 Å². The first-order chi connectivity index (χ1) is 6.24. The molecule has 1 fully saturated rings. The van der Waals surface area contributed by atoms with Crippen molar-refractivity contribution in [3.05, 3.63) is 0 Å². The molecule has 0 aromatic carbocycles. The summed E-state index contributed by atoms with van der Waals surface area (Å²) in [5.74, 6) is 0.420. The Labute approximate surface area is 80.1 Å². The summed E-state index contributed by atoms with van der Waals surface area (Å²) in [4.78, 5) is 13.3. The second kappa shape index (κ2) is 5.35. The fraction of sp³-hybridized carbons (Fsp3) is 0.900. The first-order valence-corrected chi connectivity index (χ1v) is 4.95. The molecule has 1 aliphatic rings. The lowest BCUT2D eigenvalue weighted by molar-refractivity contribution is -0.117. The predicted octanol–water partition coefficient (Wildman–Crippen LogP) is 1.08. The van der Waals surface area contributed by atoms with Crippen LogP contribution < -0.4 is 0 Å². The van der Waals surface area contributed by atoms with E-state index in [1.807, 2.05) is 0 Å². The van der Waals surface area contributed by atoms with Gasteiger partial charge in [-0.1, -0.05) is 0 Å². The number of carbonyl (C=O) groups excluding carboxylic acids is 1. The Bertz CT molecular complexity index is 170. The minimum atomic E-state index is 0.420. The zero-order valence-electron chi connectivity index (χ0n) is 8.58. The van der Waals surface area contributed by atoms with Crippen LogP contribution in [0.4, 0.5) is 0 Å². The van der Waals surface area contributed by atoms with Gasteiger partial charge in [-0.25, -0.2) is 0 Å². The van der Waals surface area contributed by atoms with Crippen LogP contribution in [0.15, 0.2) is 0 Å². The fourth-order valence-corrected chi connectivity index (χ4v) is 1.81. The van der Waals surface area contributed by atoms with E-state index in [4.69, 9.17) is 4.74 Å². The molecule has 3 nitrogen and oxygen atoms in total. The Hall–Kier alpha value is -0.410. The number of rotatable bonds is 5. The smallest absolute Gasteiger partial charge is 0.134 e. The van der Waals surface area contributed by atoms with Crippen molar-refractivity contribution in [2.45, 2.75) is 31.7 Å². The molecule has 1 atom stereocenters. The maximum atomic E-state index is 11.0. The van der Waals surface area contributed by atoms with Gasteiger partial charge in [-0.2, -0.15) is 0 Å². The molecule has 0 spiro atoms. The monoisotopic (exact) mass is 185 g/mol. The van der Waals surface area contributed by atoms with Crippen LogP contribution in [0.2, 0.25) is 0 Å². The Balaban J connectivity index is 2.15. The summed E-state index contributed by atoms with van der Waals surface area (Å²) in [6.45, 7) is 1.84. The van der Waals surface area contributed by atoms with Crippen molar-refractivity contribution in [3.8, 4) is 0 Å². The molecule has 0 aliphatic heterocycles. The number of Topliss-reactive ketones (excluding diaryl/α,β-unsaturated/α-hetero) is 1. The molecule has 0 heterocycles. The first kappa shape index (κ1) is 10.7. The largest absolute Gasteiger partial charge is 0.385 e. The maximum Gasteiger partial charge on any atom is 0.134 e. The molecule has 0 bridgehead atoms. The van der Waals surface area contributed by atoms with Crippen molar-refractivity contribution in [1.29, 1.82) is 0 Å². The van der Waals surface area contributed by atoms with Gasteiger partial charge in [0.25, 0.3) is 0 Å². The van der Waals surface area contributed by atoms with E-state index in [2.05, 4.69) is 11.9 Å². The molecule has 0 aromatic heterocycles. The molecule has 1 rings (SSSR count). The summed E-state index contributed by atoms with van der Waals surface area (Å²) in [6, 6.07) is 0.490. The zero-order chi connectivity index (χ0) is 9.68. The third-order valence-electron chi connectivity index (χ3n) is 2.70. The summed E-state index contributed by atoms with van der Waals surface area (Å²) in [6.07, 6.45) is 3.63. The Morgan fingerprint density at radius 1 is 1.62 bits per heavy atom.